The van der Waals surface area contributed by atoms with E-state index in [1.807, 2.05) is 31.2 Å². The third-order valence-corrected chi connectivity index (χ3v) is 6.75. The fourth-order valence-electron chi connectivity index (χ4n) is 3.95. The van der Waals surface area contributed by atoms with E-state index in [-0.39, 0.29) is 12.3 Å². The summed E-state index contributed by atoms with van der Waals surface area (Å²) >= 11 is 1.17. The Morgan fingerprint density at radius 2 is 1.56 bits per heavy atom. The fraction of sp³-hybridized carbons (Fsp3) is 0.467. The number of nitrogens with zero attached hydrogens (tertiary/aromatic N) is 3. The van der Waals surface area contributed by atoms with E-state index < -0.39 is 35.8 Å². The summed E-state index contributed by atoms with van der Waals surface area (Å²) in [5.74, 6) is -0.372. The van der Waals surface area contributed by atoms with E-state index in [1.54, 1.807) is 52.5 Å². The first-order valence-corrected chi connectivity index (χ1v) is 14.5. The first-order valence-electron chi connectivity index (χ1n) is 13.7. The van der Waals surface area contributed by atoms with Crippen molar-refractivity contribution in [3.05, 3.63) is 64.7 Å². The summed E-state index contributed by atoms with van der Waals surface area (Å²) < 4.78 is 53.2. The Hall–Kier alpha value is -3.87. The van der Waals surface area contributed by atoms with Gasteiger partial charge in [-0.25, -0.2) is 9.59 Å². The van der Waals surface area contributed by atoms with Crippen LogP contribution in [0.25, 0.3) is 10.6 Å². The summed E-state index contributed by atoms with van der Waals surface area (Å²) in [5, 5.41) is 12.1. The van der Waals surface area contributed by atoms with Crippen LogP contribution in [-0.4, -0.2) is 51.4 Å². The number of nitrogens with one attached hydrogen (secondary N) is 1. The Labute approximate surface area is 253 Å². The predicted octanol–water partition coefficient (Wildman–Crippen LogP) is 7.67. The summed E-state index contributed by atoms with van der Waals surface area (Å²) in [6.45, 7) is 13.1. The molecule has 2 aromatic carbocycles. The van der Waals surface area contributed by atoms with Crippen LogP contribution in [0.2, 0.25) is 0 Å². The molecular formula is C30H37F3N4O5S. The van der Waals surface area contributed by atoms with Crippen LogP contribution in [0, 0.1) is 0 Å². The number of amides is 2. The van der Waals surface area contributed by atoms with E-state index in [2.05, 4.69) is 20.3 Å². The monoisotopic (exact) mass is 622 g/mol. The molecule has 0 fully saturated rings. The topological polar surface area (TPSA) is 103 Å². The van der Waals surface area contributed by atoms with Crippen molar-refractivity contribution >= 4 is 23.5 Å². The molecule has 0 saturated heterocycles. The molecule has 0 radical (unpaired) electrons. The third-order valence-electron chi connectivity index (χ3n) is 5.67. The number of alkyl carbamates (subject to hydrolysis) is 1. The van der Waals surface area contributed by atoms with Crippen molar-refractivity contribution in [2.75, 3.05) is 6.54 Å². The molecule has 0 aliphatic rings. The number of halogens is 3. The highest BCUT2D eigenvalue weighted by atomic mass is 32.1. The van der Waals surface area contributed by atoms with Gasteiger partial charge in [0.05, 0.1) is 6.04 Å². The lowest BCUT2D eigenvalue weighted by Crippen LogP contribution is -2.40. The van der Waals surface area contributed by atoms with Gasteiger partial charge in [-0.3, -0.25) is 4.90 Å². The van der Waals surface area contributed by atoms with E-state index in [0.29, 0.717) is 28.5 Å². The minimum Gasteiger partial charge on any atom is -0.444 e. The zero-order valence-corrected chi connectivity index (χ0v) is 26.1. The molecule has 1 N–H and O–H groups in total. The Kier molecular flexibility index (Phi) is 10.7. The van der Waals surface area contributed by atoms with E-state index in [9.17, 15) is 22.8 Å². The number of carbonyl (C=O) groups is 2. The van der Waals surface area contributed by atoms with Crippen LogP contribution in [-0.2, 0) is 22.4 Å². The second kappa shape index (κ2) is 13.6. The molecule has 234 valence electrons. The molecule has 0 saturated carbocycles. The van der Waals surface area contributed by atoms with Crippen molar-refractivity contribution in [2.24, 2.45) is 0 Å². The molecule has 0 spiro atoms. The van der Waals surface area contributed by atoms with Gasteiger partial charge in [0.2, 0.25) is 0 Å². The molecule has 0 unspecified atom stereocenters. The second-order valence-corrected chi connectivity index (χ2v) is 12.7. The molecule has 0 bridgehead atoms. The Morgan fingerprint density at radius 1 is 0.930 bits per heavy atom. The van der Waals surface area contributed by atoms with Crippen molar-refractivity contribution in [3.63, 3.8) is 0 Å². The van der Waals surface area contributed by atoms with E-state index in [4.69, 9.17) is 9.47 Å². The number of ether oxygens (including phenoxy) is 3. The van der Waals surface area contributed by atoms with E-state index in [1.165, 1.54) is 29.5 Å². The number of rotatable bonds is 9. The van der Waals surface area contributed by atoms with Gasteiger partial charge in [-0.05, 0) is 78.1 Å². The highest BCUT2D eigenvalue weighted by molar-refractivity contribution is 7.14. The number of likely N-dealkylation sites (N-methyl/N-ethyl adjacent to an activating group) is 1. The van der Waals surface area contributed by atoms with Gasteiger partial charge in [0.15, 0.2) is 0 Å². The maximum atomic E-state index is 13.2. The molecular weight excluding hydrogens is 585 g/mol. The van der Waals surface area contributed by atoms with Gasteiger partial charge in [0.25, 0.3) is 0 Å². The lowest BCUT2D eigenvalue weighted by molar-refractivity contribution is -0.274. The molecule has 3 aromatic rings. The molecule has 2 amide bonds. The van der Waals surface area contributed by atoms with Crippen LogP contribution in [0.5, 0.6) is 5.75 Å². The van der Waals surface area contributed by atoms with Crippen LogP contribution < -0.4 is 10.1 Å². The molecule has 43 heavy (non-hydrogen) atoms. The Balaban J connectivity index is 1.86. The molecule has 13 heteroatoms. The molecule has 3 rings (SSSR count). The lowest BCUT2D eigenvalue weighted by atomic mass is 10.0. The third kappa shape index (κ3) is 11.0. The zero-order valence-electron chi connectivity index (χ0n) is 25.2. The summed E-state index contributed by atoms with van der Waals surface area (Å²) in [5.41, 5.74) is 0.789. The normalized spacial score (nSPS) is 12.8. The fourth-order valence-corrected chi connectivity index (χ4v) is 4.90. The van der Waals surface area contributed by atoms with Gasteiger partial charge in [-0.2, -0.15) is 0 Å². The molecule has 0 aliphatic carbocycles. The summed E-state index contributed by atoms with van der Waals surface area (Å²) in [6.07, 6.45) is -5.52. The van der Waals surface area contributed by atoms with Gasteiger partial charge in [0, 0.05) is 18.7 Å². The minimum atomic E-state index is -4.83. The predicted molar refractivity (Wildman–Crippen MR) is 157 cm³/mol. The highest BCUT2D eigenvalue weighted by Crippen LogP contribution is 2.34. The maximum Gasteiger partial charge on any atom is 0.573 e. The number of aromatic nitrogens is 2. The van der Waals surface area contributed by atoms with Gasteiger partial charge in [0.1, 0.15) is 27.0 Å². The van der Waals surface area contributed by atoms with Gasteiger partial charge in [-0.1, -0.05) is 47.7 Å². The first-order chi connectivity index (χ1) is 19.9. The van der Waals surface area contributed by atoms with Crippen LogP contribution in [0.1, 0.15) is 70.6 Å². The van der Waals surface area contributed by atoms with Crippen LogP contribution in [0.3, 0.4) is 0 Å². The van der Waals surface area contributed by atoms with Gasteiger partial charge >= 0.3 is 18.5 Å². The highest BCUT2D eigenvalue weighted by Gasteiger charge is 2.33. The van der Waals surface area contributed by atoms with Gasteiger partial charge in [-0.15, -0.1) is 23.4 Å². The second-order valence-electron chi connectivity index (χ2n) is 11.7. The maximum absolute atomic E-state index is 13.2. The average Bonchev–Trinajstić information content (AvgIpc) is 3.35. The van der Waals surface area contributed by atoms with Crippen LogP contribution >= 0.6 is 11.3 Å². The zero-order chi connectivity index (χ0) is 32.0. The average molecular weight is 623 g/mol. The Bertz CT molecular complexity index is 1380. The van der Waals surface area contributed by atoms with Crippen LogP contribution in [0.4, 0.5) is 22.8 Å². The number of hydrogen-bond acceptors (Lipinski definition) is 8. The van der Waals surface area contributed by atoms with Crippen LogP contribution in [0.15, 0.2) is 48.5 Å². The molecule has 9 nitrogen and oxygen atoms in total. The molecule has 1 atom stereocenters. The Morgan fingerprint density at radius 3 is 2.14 bits per heavy atom. The van der Waals surface area contributed by atoms with Crippen molar-refractivity contribution in [2.45, 2.75) is 85.0 Å². The van der Waals surface area contributed by atoms with Crippen molar-refractivity contribution < 1.29 is 37.0 Å². The summed E-state index contributed by atoms with van der Waals surface area (Å²) in [6, 6.07) is 12.4. The number of carbonyl (C=O) groups excluding carboxylic acids is 2. The van der Waals surface area contributed by atoms with E-state index in [0.717, 1.165) is 11.1 Å². The largest absolute Gasteiger partial charge is 0.573 e. The smallest absolute Gasteiger partial charge is 0.444 e. The SMILES string of the molecule is CCN(C(=O)OC(C)(C)C)[C@H](Cc1ccc(CNC(=O)OC(C)(C)C)cc1)c1nnc(-c2cccc(OC(F)(F)F)c2)s1. The van der Waals surface area contributed by atoms with Gasteiger partial charge < -0.3 is 19.5 Å². The lowest BCUT2D eigenvalue weighted by Gasteiger charge is -2.31. The minimum absolute atomic E-state index is 0.272. The standard InChI is InChI=1S/C30H37F3N4O5S/c1-8-37(27(39)42-29(5,6)7)23(16-19-12-14-20(15-13-19)18-34-26(38)41-28(2,3)4)25-36-35-24(43-25)21-10-9-11-22(17-21)40-30(31,32)33/h9-15,17,23H,8,16,18H2,1-7H3,(H,34,38)/t23-/m1/s1. The van der Waals surface area contributed by atoms with Crippen molar-refractivity contribution in [3.8, 4) is 16.3 Å². The quantitative estimate of drug-likeness (QED) is 0.261. The molecule has 1 heterocycles. The number of benzene rings is 2. The number of hydrogen-bond donors (Lipinski definition) is 1. The summed E-state index contributed by atoms with van der Waals surface area (Å²) in [4.78, 5) is 26.8. The molecule has 0 aliphatic heterocycles. The number of alkyl halides is 3. The van der Waals surface area contributed by atoms with E-state index >= 15 is 0 Å². The summed E-state index contributed by atoms with van der Waals surface area (Å²) in [7, 11) is 0. The van der Waals surface area contributed by atoms with Crippen molar-refractivity contribution in [1.82, 2.24) is 20.4 Å². The first kappa shape index (κ1) is 33.6. The van der Waals surface area contributed by atoms with Crippen molar-refractivity contribution in [1.29, 1.82) is 0 Å². The molecule has 1 aromatic heterocycles.